The number of carbonyl (C=O) groups is 2. The first-order valence-electron chi connectivity index (χ1n) is 5.45. The third-order valence-electron chi connectivity index (χ3n) is 2.40. The number of nitrogens with one attached hydrogen (secondary N) is 1. The normalized spacial score (nSPS) is 11.7. The smallest absolute Gasteiger partial charge is 0.358 e. The number of anilines is 1. The molecule has 1 aromatic rings. The van der Waals surface area contributed by atoms with Crippen molar-refractivity contribution in [2.24, 2.45) is 5.92 Å². The Morgan fingerprint density at radius 1 is 1.50 bits per heavy atom. The highest BCUT2D eigenvalue weighted by Crippen LogP contribution is 2.07. The highest BCUT2D eigenvalue weighted by Gasteiger charge is 2.15. The summed E-state index contributed by atoms with van der Waals surface area (Å²) in [7, 11) is 1.25. The lowest BCUT2D eigenvalue weighted by molar-refractivity contribution is -0.141. The third kappa shape index (κ3) is 3.69. The number of carboxylic acid groups (broad SMARTS) is 1. The number of hydrogen-bond donors (Lipinski definition) is 2. The second-order valence-corrected chi connectivity index (χ2v) is 3.61. The van der Waals surface area contributed by atoms with E-state index in [1.165, 1.54) is 19.5 Å². The number of carbonyl (C=O) groups excluding carboxylic acids is 1. The first kappa shape index (κ1) is 13.9. The molecule has 7 heteroatoms. The molecule has 0 spiro atoms. The number of hydrogen-bond acceptors (Lipinski definition) is 6. The Bertz CT molecular complexity index is 436. The summed E-state index contributed by atoms with van der Waals surface area (Å²) < 4.78 is 4.51. The van der Waals surface area contributed by atoms with Crippen molar-refractivity contribution in [2.45, 2.75) is 13.3 Å². The molecule has 0 fully saturated rings. The van der Waals surface area contributed by atoms with Crippen molar-refractivity contribution in [2.75, 3.05) is 19.0 Å². The van der Waals surface area contributed by atoms with Crippen molar-refractivity contribution in [3.8, 4) is 0 Å². The van der Waals surface area contributed by atoms with Crippen LogP contribution in [0.2, 0.25) is 0 Å². The second kappa shape index (κ2) is 6.53. The molecule has 1 unspecified atom stereocenters. The molecule has 1 atom stereocenters. The lowest BCUT2D eigenvalue weighted by Crippen LogP contribution is -2.22. The van der Waals surface area contributed by atoms with Crippen molar-refractivity contribution in [1.29, 1.82) is 0 Å². The molecule has 0 radical (unpaired) electrons. The Morgan fingerprint density at radius 3 is 2.78 bits per heavy atom. The van der Waals surface area contributed by atoms with E-state index in [1.807, 2.05) is 0 Å². The van der Waals surface area contributed by atoms with Crippen LogP contribution in [-0.2, 0) is 9.53 Å². The monoisotopic (exact) mass is 253 g/mol. The van der Waals surface area contributed by atoms with Crippen LogP contribution in [0.3, 0.4) is 0 Å². The minimum atomic E-state index is -0.873. The summed E-state index contributed by atoms with van der Waals surface area (Å²) in [6, 6.07) is 0. The Labute approximate surface area is 104 Å². The SMILES string of the molecule is CCC(CNc1cncc(C(=O)OC)n1)C(=O)O. The molecular formula is C11H15N3O4. The number of nitrogens with zero attached hydrogens (tertiary/aromatic N) is 2. The molecule has 0 bridgehead atoms. The van der Waals surface area contributed by atoms with Crippen LogP contribution in [0, 0.1) is 5.92 Å². The molecule has 0 aliphatic carbocycles. The highest BCUT2D eigenvalue weighted by atomic mass is 16.5. The van der Waals surface area contributed by atoms with Crippen LogP contribution in [0.25, 0.3) is 0 Å². The molecule has 1 aromatic heterocycles. The molecule has 18 heavy (non-hydrogen) atoms. The number of esters is 1. The first-order valence-corrected chi connectivity index (χ1v) is 5.45. The van der Waals surface area contributed by atoms with E-state index in [0.29, 0.717) is 12.2 Å². The van der Waals surface area contributed by atoms with Gasteiger partial charge in [0.1, 0.15) is 5.82 Å². The molecule has 0 aromatic carbocycles. The summed E-state index contributed by atoms with van der Waals surface area (Å²) in [4.78, 5) is 29.8. The van der Waals surface area contributed by atoms with E-state index in [-0.39, 0.29) is 12.2 Å². The summed E-state index contributed by atoms with van der Waals surface area (Å²) in [6.45, 7) is 2.02. The van der Waals surface area contributed by atoms with Gasteiger partial charge in [0.25, 0.3) is 0 Å². The lowest BCUT2D eigenvalue weighted by atomic mass is 10.1. The number of carboxylic acids is 1. The molecule has 98 valence electrons. The maximum Gasteiger partial charge on any atom is 0.358 e. The van der Waals surface area contributed by atoms with Crippen molar-refractivity contribution in [3.63, 3.8) is 0 Å². The third-order valence-corrected chi connectivity index (χ3v) is 2.40. The number of aromatic nitrogens is 2. The van der Waals surface area contributed by atoms with E-state index in [1.54, 1.807) is 6.92 Å². The number of aliphatic carboxylic acids is 1. The molecular weight excluding hydrogens is 238 g/mol. The van der Waals surface area contributed by atoms with Gasteiger partial charge in [0.15, 0.2) is 5.69 Å². The summed E-state index contributed by atoms with van der Waals surface area (Å²) in [5.74, 6) is -1.62. The predicted molar refractivity (Wildman–Crippen MR) is 63.3 cm³/mol. The van der Waals surface area contributed by atoms with Crippen LogP contribution < -0.4 is 5.32 Å². The van der Waals surface area contributed by atoms with Gasteiger partial charge >= 0.3 is 11.9 Å². The van der Waals surface area contributed by atoms with Crippen LogP contribution in [0.5, 0.6) is 0 Å². The Morgan fingerprint density at radius 2 is 2.22 bits per heavy atom. The maximum absolute atomic E-state index is 11.2. The molecule has 7 nitrogen and oxygen atoms in total. The second-order valence-electron chi connectivity index (χ2n) is 3.61. The average Bonchev–Trinajstić information content (AvgIpc) is 2.38. The van der Waals surface area contributed by atoms with E-state index in [2.05, 4.69) is 20.0 Å². The van der Waals surface area contributed by atoms with E-state index in [9.17, 15) is 9.59 Å². The van der Waals surface area contributed by atoms with Gasteiger partial charge in [-0.2, -0.15) is 0 Å². The van der Waals surface area contributed by atoms with Crippen LogP contribution in [0.4, 0.5) is 5.82 Å². The Hall–Kier alpha value is -2.18. The summed E-state index contributed by atoms with van der Waals surface area (Å²) in [5, 5.41) is 11.7. The summed E-state index contributed by atoms with van der Waals surface area (Å²) in [5.41, 5.74) is 0.0749. The summed E-state index contributed by atoms with van der Waals surface area (Å²) in [6.07, 6.45) is 3.21. The topological polar surface area (TPSA) is 101 Å². The van der Waals surface area contributed by atoms with Crippen molar-refractivity contribution < 1.29 is 19.4 Å². The largest absolute Gasteiger partial charge is 0.481 e. The van der Waals surface area contributed by atoms with Crippen LogP contribution in [0.15, 0.2) is 12.4 Å². The van der Waals surface area contributed by atoms with Gasteiger partial charge in [0.2, 0.25) is 0 Å². The molecule has 0 saturated carbocycles. The van der Waals surface area contributed by atoms with E-state index in [0.717, 1.165) is 0 Å². The number of ether oxygens (including phenoxy) is 1. The summed E-state index contributed by atoms with van der Waals surface area (Å²) >= 11 is 0. The van der Waals surface area contributed by atoms with Crippen molar-refractivity contribution in [1.82, 2.24) is 9.97 Å². The molecule has 1 rings (SSSR count). The van der Waals surface area contributed by atoms with Crippen LogP contribution in [0.1, 0.15) is 23.8 Å². The molecule has 0 aliphatic heterocycles. The zero-order chi connectivity index (χ0) is 13.5. The van der Waals surface area contributed by atoms with E-state index in [4.69, 9.17) is 5.11 Å². The van der Waals surface area contributed by atoms with Gasteiger partial charge in [-0.1, -0.05) is 6.92 Å². The standard InChI is InChI=1S/C11H15N3O4/c1-3-7(10(15)16)4-13-9-6-12-5-8(14-9)11(17)18-2/h5-7H,3-4H2,1-2H3,(H,13,14)(H,15,16). The first-order chi connectivity index (χ1) is 8.58. The molecule has 0 amide bonds. The fourth-order valence-electron chi connectivity index (χ4n) is 1.29. The Balaban J connectivity index is 2.68. The minimum Gasteiger partial charge on any atom is -0.481 e. The van der Waals surface area contributed by atoms with Gasteiger partial charge in [-0.3, -0.25) is 9.78 Å². The molecule has 1 heterocycles. The highest BCUT2D eigenvalue weighted by molar-refractivity contribution is 5.87. The average molecular weight is 253 g/mol. The van der Waals surface area contributed by atoms with Gasteiger partial charge in [-0.05, 0) is 6.42 Å². The maximum atomic E-state index is 11.2. The number of rotatable bonds is 6. The van der Waals surface area contributed by atoms with Gasteiger partial charge in [0.05, 0.1) is 25.4 Å². The Kier molecular flexibility index (Phi) is 5.04. The van der Waals surface area contributed by atoms with Crippen LogP contribution in [-0.4, -0.2) is 40.7 Å². The van der Waals surface area contributed by atoms with Gasteiger partial charge < -0.3 is 15.2 Å². The quantitative estimate of drug-likeness (QED) is 0.722. The van der Waals surface area contributed by atoms with Gasteiger partial charge in [-0.15, -0.1) is 0 Å². The molecule has 0 saturated heterocycles. The zero-order valence-corrected chi connectivity index (χ0v) is 10.2. The van der Waals surface area contributed by atoms with Crippen molar-refractivity contribution >= 4 is 17.8 Å². The molecule has 0 aliphatic rings. The minimum absolute atomic E-state index is 0.0749. The van der Waals surface area contributed by atoms with Crippen LogP contribution >= 0.6 is 0 Å². The fraction of sp³-hybridized carbons (Fsp3) is 0.455. The van der Waals surface area contributed by atoms with Crippen molar-refractivity contribution in [3.05, 3.63) is 18.1 Å². The fourth-order valence-corrected chi connectivity index (χ4v) is 1.29. The van der Waals surface area contributed by atoms with Gasteiger partial charge in [0, 0.05) is 6.54 Å². The van der Waals surface area contributed by atoms with Gasteiger partial charge in [-0.25, -0.2) is 9.78 Å². The van der Waals surface area contributed by atoms with E-state index >= 15 is 0 Å². The number of methoxy groups -OCH3 is 1. The lowest BCUT2D eigenvalue weighted by Gasteiger charge is -2.11. The molecule has 2 N–H and O–H groups in total. The zero-order valence-electron chi connectivity index (χ0n) is 10.2. The van der Waals surface area contributed by atoms with E-state index < -0.39 is 17.9 Å². The predicted octanol–water partition coefficient (Wildman–Crippen LogP) is 0.786.